The number of amides is 2. The van der Waals surface area contributed by atoms with Gasteiger partial charge in [-0.25, -0.2) is 9.18 Å². The van der Waals surface area contributed by atoms with Crippen molar-refractivity contribution in [3.05, 3.63) is 77.4 Å². The minimum atomic E-state index is -0.329. The number of halogens is 1. The molecule has 0 bridgehead atoms. The van der Waals surface area contributed by atoms with Gasteiger partial charge in [0.25, 0.3) is 0 Å². The molecule has 1 unspecified atom stereocenters. The Hall–Kier alpha value is -3.68. The van der Waals surface area contributed by atoms with Crippen molar-refractivity contribution in [2.24, 2.45) is 5.92 Å². The summed E-state index contributed by atoms with van der Waals surface area (Å²) in [5.41, 5.74) is 4.15. The van der Waals surface area contributed by atoms with Crippen molar-refractivity contribution in [2.75, 3.05) is 23.3 Å². The van der Waals surface area contributed by atoms with Crippen LogP contribution >= 0.6 is 0 Å². The molecule has 0 saturated carbocycles. The fourth-order valence-corrected chi connectivity index (χ4v) is 5.42. The van der Waals surface area contributed by atoms with Crippen LogP contribution in [0, 0.1) is 18.7 Å². The number of carbonyl (C=O) groups is 1. The number of urea groups is 1. The second-order valence-electron chi connectivity index (χ2n) is 9.84. The van der Waals surface area contributed by atoms with Crippen molar-refractivity contribution in [1.82, 2.24) is 15.1 Å². The van der Waals surface area contributed by atoms with Gasteiger partial charge in [0.15, 0.2) is 0 Å². The predicted octanol–water partition coefficient (Wildman–Crippen LogP) is 5.72. The van der Waals surface area contributed by atoms with E-state index in [4.69, 9.17) is 4.74 Å². The van der Waals surface area contributed by atoms with Gasteiger partial charge in [-0.05, 0) is 62.8 Å². The molecule has 0 radical (unpaired) electrons. The number of hydrogen-bond acceptors (Lipinski definition) is 5. The average Bonchev–Trinajstić information content (AvgIpc) is 2.86. The zero-order valence-corrected chi connectivity index (χ0v) is 20.9. The van der Waals surface area contributed by atoms with Crippen LogP contribution in [0.25, 0.3) is 0 Å². The number of ether oxygens (including phenoxy) is 1. The zero-order valence-electron chi connectivity index (χ0n) is 20.9. The summed E-state index contributed by atoms with van der Waals surface area (Å²) in [6.45, 7) is 7.73. The lowest BCUT2D eigenvalue weighted by Crippen LogP contribution is -2.47. The number of piperidine rings is 1. The molecule has 2 aromatic carbocycles. The average molecular weight is 490 g/mol. The highest BCUT2D eigenvalue weighted by molar-refractivity contribution is 5.92. The minimum Gasteiger partial charge on any atom is -0.489 e. The van der Waals surface area contributed by atoms with Crippen molar-refractivity contribution < 1.29 is 13.9 Å². The second-order valence-corrected chi connectivity index (χ2v) is 9.84. The Morgan fingerprint density at radius 1 is 1.08 bits per heavy atom. The van der Waals surface area contributed by atoms with Gasteiger partial charge in [-0.3, -0.25) is 0 Å². The van der Waals surface area contributed by atoms with Crippen molar-refractivity contribution in [3.8, 4) is 5.75 Å². The van der Waals surface area contributed by atoms with Crippen LogP contribution in [0.5, 0.6) is 5.75 Å². The van der Waals surface area contributed by atoms with E-state index in [1.165, 1.54) is 6.07 Å². The van der Waals surface area contributed by atoms with Crippen LogP contribution in [0.3, 0.4) is 0 Å². The van der Waals surface area contributed by atoms with Crippen molar-refractivity contribution in [3.63, 3.8) is 0 Å². The third-order valence-electron chi connectivity index (χ3n) is 7.04. The number of nitrogens with zero attached hydrogens (tertiary/aromatic N) is 4. The van der Waals surface area contributed by atoms with Crippen LogP contribution in [0.2, 0.25) is 0 Å². The normalized spacial score (nSPS) is 17.1. The first kappa shape index (κ1) is 24.0. The summed E-state index contributed by atoms with van der Waals surface area (Å²) in [5.74, 6) is 0.554. The SMILES string of the molecule is Cc1cccc(F)c1N1CCC(C(c2nnccc2OC(C)C)N2Cc3ccccc3NC2=O)CC1. The Morgan fingerprint density at radius 3 is 2.61 bits per heavy atom. The summed E-state index contributed by atoms with van der Waals surface area (Å²) >= 11 is 0. The lowest BCUT2D eigenvalue weighted by atomic mass is 9.85. The molecule has 1 aromatic heterocycles. The molecule has 2 amide bonds. The number of para-hydroxylation sites is 2. The van der Waals surface area contributed by atoms with E-state index in [0.717, 1.165) is 29.7 Å². The second kappa shape index (κ2) is 10.1. The van der Waals surface area contributed by atoms with Crippen LogP contribution in [-0.4, -0.2) is 40.3 Å². The Labute approximate surface area is 211 Å². The molecule has 1 fully saturated rings. The molecular formula is C28H32FN5O2. The Balaban J connectivity index is 1.48. The molecule has 2 aliphatic heterocycles. The molecule has 5 rings (SSSR count). The third-order valence-corrected chi connectivity index (χ3v) is 7.04. The molecule has 1 atom stereocenters. The smallest absolute Gasteiger partial charge is 0.322 e. The molecule has 2 aliphatic rings. The monoisotopic (exact) mass is 489 g/mol. The first-order chi connectivity index (χ1) is 17.4. The van der Waals surface area contributed by atoms with Crippen molar-refractivity contribution in [2.45, 2.75) is 52.3 Å². The summed E-state index contributed by atoms with van der Waals surface area (Å²) in [5, 5.41) is 11.7. The number of fused-ring (bicyclic) bond motifs is 1. The number of hydrogen-bond donors (Lipinski definition) is 1. The summed E-state index contributed by atoms with van der Waals surface area (Å²) in [6, 6.07) is 14.4. The van der Waals surface area contributed by atoms with Gasteiger partial charge in [0.05, 0.1) is 30.6 Å². The minimum absolute atomic E-state index is 0.0459. The maximum absolute atomic E-state index is 14.7. The molecule has 1 saturated heterocycles. The first-order valence-corrected chi connectivity index (χ1v) is 12.6. The molecule has 36 heavy (non-hydrogen) atoms. The van der Waals surface area contributed by atoms with Crippen LogP contribution in [-0.2, 0) is 6.54 Å². The Bertz CT molecular complexity index is 1220. The molecular weight excluding hydrogens is 457 g/mol. The number of nitrogens with one attached hydrogen (secondary N) is 1. The lowest BCUT2D eigenvalue weighted by molar-refractivity contribution is 0.130. The van der Waals surface area contributed by atoms with E-state index in [9.17, 15) is 9.18 Å². The van der Waals surface area contributed by atoms with Crippen LogP contribution < -0.4 is 15.0 Å². The largest absolute Gasteiger partial charge is 0.489 e. The number of rotatable bonds is 6. The highest BCUT2D eigenvalue weighted by Gasteiger charge is 2.39. The first-order valence-electron chi connectivity index (χ1n) is 12.6. The van der Waals surface area contributed by atoms with E-state index in [1.807, 2.05) is 62.1 Å². The predicted molar refractivity (Wildman–Crippen MR) is 138 cm³/mol. The quantitative estimate of drug-likeness (QED) is 0.480. The summed E-state index contributed by atoms with van der Waals surface area (Å²) < 4.78 is 20.8. The van der Waals surface area contributed by atoms with E-state index < -0.39 is 0 Å². The fraction of sp³-hybridized carbons (Fsp3) is 0.393. The van der Waals surface area contributed by atoms with Gasteiger partial charge >= 0.3 is 6.03 Å². The van der Waals surface area contributed by atoms with E-state index in [-0.39, 0.29) is 29.9 Å². The van der Waals surface area contributed by atoms with E-state index in [1.54, 1.807) is 12.3 Å². The maximum atomic E-state index is 14.7. The van der Waals surface area contributed by atoms with Gasteiger partial charge in [-0.1, -0.05) is 30.3 Å². The molecule has 0 spiro atoms. The van der Waals surface area contributed by atoms with Crippen molar-refractivity contribution >= 4 is 17.4 Å². The number of benzene rings is 2. The molecule has 1 N–H and O–H groups in total. The fourth-order valence-electron chi connectivity index (χ4n) is 5.42. The van der Waals surface area contributed by atoms with Gasteiger partial charge in [0.1, 0.15) is 17.3 Å². The number of carbonyl (C=O) groups excluding carboxylic acids is 1. The van der Waals surface area contributed by atoms with Gasteiger partial charge in [0, 0.05) is 24.8 Å². The summed E-state index contributed by atoms with van der Waals surface area (Å²) in [4.78, 5) is 17.4. The summed E-state index contributed by atoms with van der Waals surface area (Å²) in [6.07, 6.45) is 3.13. The van der Waals surface area contributed by atoms with E-state index in [2.05, 4.69) is 20.4 Å². The molecule has 3 heterocycles. The van der Waals surface area contributed by atoms with E-state index >= 15 is 0 Å². The highest BCUT2D eigenvalue weighted by Crippen LogP contribution is 2.42. The van der Waals surface area contributed by atoms with Crippen molar-refractivity contribution in [1.29, 1.82) is 0 Å². The van der Waals surface area contributed by atoms with Gasteiger partial charge in [-0.15, -0.1) is 5.10 Å². The van der Waals surface area contributed by atoms with Gasteiger partial charge in [-0.2, -0.15) is 5.10 Å². The lowest BCUT2D eigenvalue weighted by Gasteiger charge is -2.43. The van der Waals surface area contributed by atoms with E-state index in [0.29, 0.717) is 36.8 Å². The topological polar surface area (TPSA) is 70.6 Å². The molecule has 8 heteroatoms. The zero-order chi connectivity index (χ0) is 25.2. The highest BCUT2D eigenvalue weighted by atomic mass is 19.1. The van der Waals surface area contributed by atoms with Crippen LogP contribution in [0.4, 0.5) is 20.6 Å². The van der Waals surface area contributed by atoms with Gasteiger partial charge < -0.3 is 19.9 Å². The summed E-state index contributed by atoms with van der Waals surface area (Å²) in [7, 11) is 0. The third kappa shape index (κ3) is 4.72. The molecule has 0 aliphatic carbocycles. The number of aryl methyl sites for hydroxylation is 1. The molecule has 7 nitrogen and oxygen atoms in total. The molecule has 3 aromatic rings. The molecule has 188 valence electrons. The van der Waals surface area contributed by atoms with Crippen LogP contribution in [0.1, 0.15) is 49.6 Å². The Morgan fingerprint density at radius 2 is 1.86 bits per heavy atom. The number of anilines is 2. The standard InChI is InChI=1S/C28H32FN5O2/c1-18(2)36-24-11-14-30-32-25(24)27(34-17-21-8-4-5-10-23(21)31-28(34)35)20-12-15-33(16-13-20)26-19(3)7-6-9-22(26)29/h4-11,14,18,20,27H,12-13,15-17H2,1-3H3,(H,31,35). The van der Waals surface area contributed by atoms with Crippen LogP contribution in [0.15, 0.2) is 54.7 Å². The number of aromatic nitrogens is 2. The Kier molecular flexibility index (Phi) is 6.76. The maximum Gasteiger partial charge on any atom is 0.322 e. The van der Waals surface area contributed by atoms with Gasteiger partial charge in [0.2, 0.25) is 0 Å².